The molecule has 0 aromatic heterocycles. The Labute approximate surface area is 121 Å². The molecular weight excluding hydrogens is 293 g/mol. The van der Waals surface area contributed by atoms with Gasteiger partial charge >= 0.3 is 0 Å². The van der Waals surface area contributed by atoms with Crippen LogP contribution in [0.2, 0.25) is 10.0 Å². The molecule has 0 saturated carbocycles. The van der Waals surface area contributed by atoms with E-state index in [9.17, 15) is 8.78 Å². The average molecular weight is 309 g/mol. The van der Waals surface area contributed by atoms with E-state index in [1.54, 1.807) is 18.2 Å². The highest BCUT2D eigenvalue weighted by Crippen LogP contribution is 2.31. The Bertz CT molecular complexity index is 403. The molecule has 1 atom stereocenters. The highest BCUT2D eigenvalue weighted by atomic mass is 35.5. The van der Waals surface area contributed by atoms with Crippen LogP contribution in [0.3, 0.4) is 0 Å². The molecule has 0 aliphatic carbocycles. The molecule has 1 aliphatic heterocycles. The summed E-state index contributed by atoms with van der Waals surface area (Å²) in [5, 5.41) is 4.18. The molecule has 1 heterocycles. The van der Waals surface area contributed by atoms with Crippen molar-refractivity contribution in [2.24, 2.45) is 0 Å². The van der Waals surface area contributed by atoms with Crippen LogP contribution in [-0.4, -0.2) is 37.5 Å². The summed E-state index contributed by atoms with van der Waals surface area (Å²) >= 11 is 11.9. The molecule has 1 aromatic rings. The summed E-state index contributed by atoms with van der Waals surface area (Å²) in [5.74, 6) is 0. The molecule has 1 N–H and O–H groups in total. The molecule has 2 nitrogen and oxygen atoms in total. The molecular formula is C13H16Cl2F2N2. The second-order valence-electron chi connectivity index (χ2n) is 4.63. The SMILES string of the molecule is FC(F)C[C@H](c1cc(Cl)cc(Cl)c1)N1CCNCC1. The van der Waals surface area contributed by atoms with Gasteiger partial charge in [-0.25, -0.2) is 8.78 Å². The maximum Gasteiger partial charge on any atom is 0.240 e. The van der Waals surface area contributed by atoms with Crippen molar-refractivity contribution in [3.8, 4) is 0 Å². The number of benzene rings is 1. The zero-order valence-corrected chi connectivity index (χ0v) is 11.9. The lowest BCUT2D eigenvalue weighted by Gasteiger charge is -2.35. The van der Waals surface area contributed by atoms with E-state index in [0.717, 1.165) is 31.7 Å². The zero-order chi connectivity index (χ0) is 13.8. The first-order chi connectivity index (χ1) is 9.06. The average Bonchev–Trinajstić information content (AvgIpc) is 2.35. The highest BCUT2D eigenvalue weighted by Gasteiger charge is 2.25. The van der Waals surface area contributed by atoms with E-state index in [1.165, 1.54) is 0 Å². The monoisotopic (exact) mass is 308 g/mol. The Morgan fingerprint density at radius 1 is 1.11 bits per heavy atom. The zero-order valence-electron chi connectivity index (χ0n) is 10.4. The van der Waals surface area contributed by atoms with Crippen molar-refractivity contribution in [2.45, 2.75) is 18.9 Å². The van der Waals surface area contributed by atoms with Crippen molar-refractivity contribution in [1.29, 1.82) is 0 Å². The van der Waals surface area contributed by atoms with E-state index >= 15 is 0 Å². The van der Waals surface area contributed by atoms with Gasteiger partial charge in [0.05, 0.1) is 0 Å². The normalized spacial score (nSPS) is 18.8. The number of nitrogens with one attached hydrogen (secondary N) is 1. The number of piperazine rings is 1. The molecule has 6 heteroatoms. The van der Waals surface area contributed by atoms with Gasteiger partial charge in [-0.15, -0.1) is 0 Å². The van der Waals surface area contributed by atoms with Crippen molar-refractivity contribution in [3.05, 3.63) is 33.8 Å². The number of alkyl halides is 2. The fourth-order valence-electron chi connectivity index (χ4n) is 2.43. The molecule has 2 rings (SSSR count). The lowest BCUT2D eigenvalue weighted by atomic mass is 10.0. The van der Waals surface area contributed by atoms with E-state index < -0.39 is 6.43 Å². The lowest BCUT2D eigenvalue weighted by Crippen LogP contribution is -2.45. The Morgan fingerprint density at radius 3 is 2.21 bits per heavy atom. The van der Waals surface area contributed by atoms with E-state index in [4.69, 9.17) is 23.2 Å². The fourth-order valence-corrected chi connectivity index (χ4v) is 2.97. The molecule has 19 heavy (non-hydrogen) atoms. The summed E-state index contributed by atoms with van der Waals surface area (Å²) in [7, 11) is 0. The Morgan fingerprint density at radius 2 is 1.68 bits per heavy atom. The van der Waals surface area contributed by atoms with Gasteiger partial charge in [-0.05, 0) is 23.8 Å². The largest absolute Gasteiger partial charge is 0.314 e. The number of nitrogens with zero attached hydrogens (tertiary/aromatic N) is 1. The molecule has 0 spiro atoms. The third kappa shape index (κ3) is 4.28. The number of hydrogen-bond donors (Lipinski definition) is 1. The number of halogens is 4. The van der Waals surface area contributed by atoms with Crippen LogP contribution in [0, 0.1) is 0 Å². The number of hydrogen-bond acceptors (Lipinski definition) is 2. The Kier molecular flexibility index (Phi) is 5.39. The standard InChI is InChI=1S/C13H16Cl2F2N2/c14-10-5-9(6-11(15)7-10)12(8-13(16)17)19-3-1-18-2-4-19/h5-7,12-13,18H,1-4,8H2/t12-/m1/s1. The molecule has 1 saturated heterocycles. The third-order valence-electron chi connectivity index (χ3n) is 3.26. The van der Waals surface area contributed by atoms with Gasteiger partial charge in [0, 0.05) is 48.7 Å². The third-order valence-corrected chi connectivity index (χ3v) is 3.70. The van der Waals surface area contributed by atoms with Crippen molar-refractivity contribution >= 4 is 23.2 Å². The molecule has 0 amide bonds. The summed E-state index contributed by atoms with van der Waals surface area (Å²) in [4.78, 5) is 2.06. The molecule has 0 unspecified atom stereocenters. The van der Waals surface area contributed by atoms with E-state index in [0.29, 0.717) is 10.0 Å². The number of rotatable bonds is 4. The van der Waals surface area contributed by atoms with Crippen molar-refractivity contribution in [1.82, 2.24) is 10.2 Å². The van der Waals surface area contributed by atoms with Gasteiger partial charge in [0.1, 0.15) is 0 Å². The van der Waals surface area contributed by atoms with Gasteiger partial charge in [0.2, 0.25) is 6.43 Å². The maximum absolute atomic E-state index is 12.8. The van der Waals surface area contributed by atoms with Crippen LogP contribution in [-0.2, 0) is 0 Å². The van der Waals surface area contributed by atoms with Gasteiger partial charge in [0.15, 0.2) is 0 Å². The van der Waals surface area contributed by atoms with Crippen LogP contribution in [0.1, 0.15) is 18.0 Å². The topological polar surface area (TPSA) is 15.3 Å². The van der Waals surface area contributed by atoms with Crippen LogP contribution in [0.15, 0.2) is 18.2 Å². The summed E-state index contributed by atoms with van der Waals surface area (Å²) in [6.07, 6.45) is -2.55. The summed E-state index contributed by atoms with van der Waals surface area (Å²) in [6, 6.07) is 4.73. The van der Waals surface area contributed by atoms with Crippen LogP contribution < -0.4 is 5.32 Å². The van der Waals surface area contributed by atoms with Crippen LogP contribution in [0.5, 0.6) is 0 Å². The minimum atomic E-state index is -2.35. The van der Waals surface area contributed by atoms with Crippen molar-refractivity contribution in [3.63, 3.8) is 0 Å². The molecule has 0 radical (unpaired) electrons. The molecule has 106 valence electrons. The van der Waals surface area contributed by atoms with Crippen LogP contribution in [0.25, 0.3) is 0 Å². The predicted molar refractivity (Wildman–Crippen MR) is 74.3 cm³/mol. The van der Waals surface area contributed by atoms with Gasteiger partial charge in [-0.2, -0.15) is 0 Å². The summed E-state index contributed by atoms with van der Waals surface area (Å²) < 4.78 is 25.6. The maximum atomic E-state index is 12.8. The quantitative estimate of drug-likeness (QED) is 0.914. The smallest absolute Gasteiger partial charge is 0.240 e. The lowest BCUT2D eigenvalue weighted by molar-refractivity contribution is 0.0739. The highest BCUT2D eigenvalue weighted by molar-refractivity contribution is 6.34. The Hall–Kier alpha value is -0.420. The van der Waals surface area contributed by atoms with Crippen molar-refractivity contribution < 1.29 is 8.78 Å². The molecule has 0 bridgehead atoms. The first-order valence-corrected chi connectivity index (χ1v) is 7.01. The van der Waals surface area contributed by atoms with Gasteiger partial charge in [0.25, 0.3) is 0 Å². The molecule has 1 aliphatic rings. The predicted octanol–water partition coefficient (Wildman–Crippen LogP) is 3.59. The summed E-state index contributed by atoms with van der Waals surface area (Å²) in [5.41, 5.74) is 0.764. The van der Waals surface area contributed by atoms with E-state index in [2.05, 4.69) is 10.2 Å². The fraction of sp³-hybridized carbons (Fsp3) is 0.538. The molecule has 1 aromatic carbocycles. The van der Waals surface area contributed by atoms with E-state index in [1.807, 2.05) is 0 Å². The minimum Gasteiger partial charge on any atom is -0.314 e. The van der Waals surface area contributed by atoms with E-state index in [-0.39, 0.29) is 12.5 Å². The van der Waals surface area contributed by atoms with Gasteiger partial charge in [-0.3, -0.25) is 4.90 Å². The second kappa shape index (κ2) is 6.84. The van der Waals surface area contributed by atoms with Crippen LogP contribution in [0.4, 0.5) is 8.78 Å². The first-order valence-electron chi connectivity index (χ1n) is 6.25. The van der Waals surface area contributed by atoms with Crippen LogP contribution >= 0.6 is 23.2 Å². The second-order valence-corrected chi connectivity index (χ2v) is 5.50. The molecule has 1 fully saturated rings. The first kappa shape index (κ1) is 15.0. The van der Waals surface area contributed by atoms with Gasteiger partial charge in [-0.1, -0.05) is 23.2 Å². The van der Waals surface area contributed by atoms with Gasteiger partial charge < -0.3 is 5.32 Å². The van der Waals surface area contributed by atoms with Crippen molar-refractivity contribution in [2.75, 3.05) is 26.2 Å². The minimum absolute atomic E-state index is 0.198. The Balaban J connectivity index is 2.24. The summed E-state index contributed by atoms with van der Waals surface area (Å²) in [6.45, 7) is 3.13.